The minimum Gasteiger partial charge on any atom is -0.240 e. The number of rotatable bonds is 4. The molecular formula is C16H15NO2S2. The molecule has 0 saturated heterocycles. The normalized spacial score (nSPS) is 11.9. The molecule has 2 aromatic carbocycles. The van der Waals surface area contributed by atoms with E-state index in [1.165, 1.54) is 11.3 Å². The molecule has 21 heavy (non-hydrogen) atoms. The number of thiazole rings is 1. The molecule has 5 heteroatoms. The van der Waals surface area contributed by atoms with Crippen molar-refractivity contribution < 1.29 is 8.42 Å². The van der Waals surface area contributed by atoms with Gasteiger partial charge in [-0.25, -0.2) is 13.4 Å². The SMILES string of the molecule is Cc1cccc(CS(=O)(=O)Cc2nc3ccccc3s2)c1. The second-order valence-electron chi connectivity index (χ2n) is 5.10. The lowest BCUT2D eigenvalue weighted by atomic mass is 10.2. The maximum absolute atomic E-state index is 12.3. The summed E-state index contributed by atoms with van der Waals surface area (Å²) in [5.74, 6) is 0.0604. The van der Waals surface area contributed by atoms with Gasteiger partial charge in [0.25, 0.3) is 0 Å². The minimum absolute atomic E-state index is 0.000286. The molecule has 0 aliphatic heterocycles. The summed E-state index contributed by atoms with van der Waals surface area (Å²) < 4.78 is 25.7. The van der Waals surface area contributed by atoms with Crippen LogP contribution in [0.4, 0.5) is 0 Å². The van der Waals surface area contributed by atoms with Gasteiger partial charge >= 0.3 is 0 Å². The molecule has 0 saturated carbocycles. The Labute approximate surface area is 128 Å². The number of benzene rings is 2. The molecular weight excluding hydrogens is 302 g/mol. The predicted molar refractivity (Wildman–Crippen MR) is 87.1 cm³/mol. The first-order valence-electron chi connectivity index (χ1n) is 6.62. The highest BCUT2D eigenvalue weighted by atomic mass is 32.2. The Kier molecular flexibility index (Phi) is 3.78. The zero-order chi connectivity index (χ0) is 14.9. The van der Waals surface area contributed by atoms with Crippen molar-refractivity contribution >= 4 is 31.4 Å². The monoisotopic (exact) mass is 317 g/mol. The van der Waals surface area contributed by atoms with Gasteiger partial charge < -0.3 is 0 Å². The molecule has 1 heterocycles. The molecule has 0 fully saturated rings. The standard InChI is InChI=1S/C16H15NO2S2/c1-12-5-4-6-13(9-12)10-21(18,19)11-16-17-14-7-2-3-8-15(14)20-16/h2-9H,10-11H2,1H3. The van der Waals surface area contributed by atoms with Gasteiger partial charge in [0.15, 0.2) is 9.84 Å². The molecule has 0 amide bonds. The summed E-state index contributed by atoms with van der Waals surface area (Å²) >= 11 is 1.45. The van der Waals surface area contributed by atoms with Gasteiger partial charge in [-0.15, -0.1) is 11.3 Å². The largest absolute Gasteiger partial charge is 0.240 e. The van der Waals surface area contributed by atoms with Crippen LogP contribution in [-0.2, 0) is 21.3 Å². The van der Waals surface area contributed by atoms with E-state index >= 15 is 0 Å². The lowest BCUT2D eigenvalue weighted by Crippen LogP contribution is -2.07. The second kappa shape index (κ2) is 5.58. The highest BCUT2D eigenvalue weighted by molar-refractivity contribution is 7.90. The number of nitrogens with zero attached hydrogens (tertiary/aromatic N) is 1. The van der Waals surface area contributed by atoms with Crippen LogP contribution < -0.4 is 0 Å². The molecule has 0 atom stereocenters. The summed E-state index contributed by atoms with van der Waals surface area (Å²) in [6.07, 6.45) is 0. The van der Waals surface area contributed by atoms with Crippen LogP contribution in [0, 0.1) is 6.92 Å². The third-order valence-corrected chi connectivity index (χ3v) is 5.86. The smallest absolute Gasteiger partial charge is 0.160 e. The number of hydrogen-bond acceptors (Lipinski definition) is 4. The molecule has 0 spiro atoms. The summed E-state index contributed by atoms with van der Waals surface area (Å²) in [5, 5.41) is 0.656. The van der Waals surface area contributed by atoms with Crippen LogP contribution in [0.3, 0.4) is 0 Å². The van der Waals surface area contributed by atoms with Crippen LogP contribution in [0.5, 0.6) is 0 Å². The summed E-state index contributed by atoms with van der Waals surface area (Å²) in [7, 11) is -3.20. The van der Waals surface area contributed by atoms with Gasteiger partial charge in [0, 0.05) is 0 Å². The molecule has 0 unspecified atom stereocenters. The maximum Gasteiger partial charge on any atom is 0.160 e. The van der Waals surface area contributed by atoms with Crippen molar-refractivity contribution in [3.63, 3.8) is 0 Å². The Morgan fingerprint density at radius 1 is 1.05 bits per heavy atom. The van der Waals surface area contributed by atoms with E-state index in [-0.39, 0.29) is 11.5 Å². The average Bonchev–Trinajstić information content (AvgIpc) is 2.79. The Hall–Kier alpha value is -1.72. The van der Waals surface area contributed by atoms with Crippen molar-refractivity contribution in [1.29, 1.82) is 0 Å². The summed E-state index contributed by atoms with van der Waals surface area (Å²) in [4.78, 5) is 4.40. The maximum atomic E-state index is 12.3. The van der Waals surface area contributed by atoms with Crippen LogP contribution in [0.15, 0.2) is 48.5 Å². The highest BCUT2D eigenvalue weighted by Crippen LogP contribution is 2.24. The van der Waals surface area contributed by atoms with Crippen molar-refractivity contribution in [3.05, 3.63) is 64.7 Å². The summed E-state index contributed by atoms with van der Waals surface area (Å²) in [6, 6.07) is 15.3. The summed E-state index contributed by atoms with van der Waals surface area (Å²) in [5.41, 5.74) is 2.77. The van der Waals surface area contributed by atoms with E-state index in [0.29, 0.717) is 5.01 Å². The highest BCUT2D eigenvalue weighted by Gasteiger charge is 2.16. The van der Waals surface area contributed by atoms with E-state index in [2.05, 4.69) is 4.98 Å². The van der Waals surface area contributed by atoms with Gasteiger partial charge in [-0.05, 0) is 24.6 Å². The van der Waals surface area contributed by atoms with Gasteiger partial charge in [-0.2, -0.15) is 0 Å². The average molecular weight is 317 g/mol. The molecule has 0 aliphatic carbocycles. The predicted octanol–water partition coefficient (Wildman–Crippen LogP) is 3.72. The topological polar surface area (TPSA) is 47.0 Å². The van der Waals surface area contributed by atoms with Gasteiger partial charge in [-0.3, -0.25) is 0 Å². The van der Waals surface area contributed by atoms with E-state index in [0.717, 1.165) is 21.3 Å². The number of para-hydroxylation sites is 1. The summed E-state index contributed by atoms with van der Waals surface area (Å²) in [6.45, 7) is 1.96. The van der Waals surface area contributed by atoms with Crippen molar-refractivity contribution in [3.8, 4) is 0 Å². The number of hydrogen-bond donors (Lipinski definition) is 0. The van der Waals surface area contributed by atoms with E-state index in [4.69, 9.17) is 0 Å². The van der Waals surface area contributed by atoms with Crippen LogP contribution in [-0.4, -0.2) is 13.4 Å². The zero-order valence-corrected chi connectivity index (χ0v) is 13.2. The van der Waals surface area contributed by atoms with Crippen molar-refractivity contribution in [2.75, 3.05) is 0 Å². The third-order valence-electron chi connectivity index (χ3n) is 3.15. The van der Waals surface area contributed by atoms with Crippen LogP contribution >= 0.6 is 11.3 Å². The molecule has 0 N–H and O–H groups in total. The van der Waals surface area contributed by atoms with E-state index in [1.54, 1.807) is 0 Å². The fourth-order valence-corrected chi connectivity index (χ4v) is 5.04. The Morgan fingerprint density at radius 2 is 1.86 bits per heavy atom. The van der Waals surface area contributed by atoms with Gasteiger partial charge in [0.1, 0.15) is 10.8 Å². The van der Waals surface area contributed by atoms with Gasteiger partial charge in [0.2, 0.25) is 0 Å². The fourth-order valence-electron chi connectivity index (χ4n) is 2.28. The number of aromatic nitrogens is 1. The Balaban J connectivity index is 1.82. The number of aryl methyl sites for hydroxylation is 1. The number of fused-ring (bicyclic) bond motifs is 1. The lowest BCUT2D eigenvalue weighted by molar-refractivity contribution is 0.594. The molecule has 0 radical (unpaired) electrons. The van der Waals surface area contributed by atoms with Crippen LogP contribution in [0.1, 0.15) is 16.1 Å². The first kappa shape index (κ1) is 14.2. The molecule has 1 aromatic heterocycles. The van der Waals surface area contributed by atoms with Crippen LogP contribution in [0.2, 0.25) is 0 Å². The van der Waals surface area contributed by atoms with Crippen LogP contribution in [0.25, 0.3) is 10.2 Å². The van der Waals surface area contributed by atoms with E-state index in [1.807, 2.05) is 55.5 Å². The van der Waals surface area contributed by atoms with E-state index in [9.17, 15) is 8.42 Å². The third kappa shape index (κ3) is 3.49. The first-order chi connectivity index (χ1) is 10.0. The molecule has 3 aromatic rings. The second-order valence-corrected chi connectivity index (χ2v) is 8.28. The molecule has 3 nitrogen and oxygen atoms in total. The van der Waals surface area contributed by atoms with Crippen molar-refractivity contribution in [2.45, 2.75) is 18.4 Å². The molecule has 108 valence electrons. The lowest BCUT2D eigenvalue weighted by Gasteiger charge is -2.03. The van der Waals surface area contributed by atoms with Gasteiger partial charge in [0.05, 0.1) is 16.0 Å². The Bertz CT molecular complexity index is 849. The minimum atomic E-state index is -3.20. The number of sulfone groups is 1. The molecule has 3 rings (SSSR count). The first-order valence-corrected chi connectivity index (χ1v) is 9.26. The Morgan fingerprint density at radius 3 is 2.62 bits per heavy atom. The van der Waals surface area contributed by atoms with Crippen molar-refractivity contribution in [2.24, 2.45) is 0 Å². The zero-order valence-electron chi connectivity index (χ0n) is 11.6. The molecule has 0 bridgehead atoms. The quantitative estimate of drug-likeness (QED) is 0.737. The van der Waals surface area contributed by atoms with Gasteiger partial charge in [-0.1, -0.05) is 42.0 Å². The molecule has 0 aliphatic rings. The van der Waals surface area contributed by atoms with Crippen molar-refractivity contribution in [1.82, 2.24) is 4.98 Å². The fraction of sp³-hybridized carbons (Fsp3) is 0.188. The van der Waals surface area contributed by atoms with E-state index < -0.39 is 9.84 Å².